The Kier molecular flexibility index (Phi) is 4.47. The highest BCUT2D eigenvalue weighted by Gasteiger charge is 2.03. The van der Waals surface area contributed by atoms with E-state index in [9.17, 15) is 9.59 Å². The molecule has 0 aliphatic heterocycles. The molecule has 1 aromatic carbocycles. The van der Waals surface area contributed by atoms with Crippen molar-refractivity contribution in [2.45, 2.75) is 6.92 Å². The molecular weight excluding hydrogens is 210 g/mol. The summed E-state index contributed by atoms with van der Waals surface area (Å²) in [6, 6.07) is 7.27. The van der Waals surface area contributed by atoms with Crippen LogP contribution < -0.4 is 5.32 Å². The van der Waals surface area contributed by atoms with E-state index in [0.29, 0.717) is 5.69 Å². The molecule has 16 heavy (non-hydrogen) atoms. The van der Waals surface area contributed by atoms with Gasteiger partial charge in [0.25, 0.3) is 0 Å². The van der Waals surface area contributed by atoms with Crippen LogP contribution >= 0.6 is 0 Å². The Morgan fingerprint density at radius 2 is 1.88 bits per heavy atom. The molecule has 0 saturated carbocycles. The third-order valence-corrected chi connectivity index (χ3v) is 1.79. The second-order valence-corrected chi connectivity index (χ2v) is 3.30. The number of rotatable bonds is 5. The number of carboxylic acids is 1. The molecule has 0 aliphatic rings. The molecule has 5 heteroatoms. The topological polar surface area (TPSA) is 75.6 Å². The summed E-state index contributed by atoms with van der Waals surface area (Å²) in [5.41, 5.74) is 1.76. The summed E-state index contributed by atoms with van der Waals surface area (Å²) >= 11 is 0. The molecule has 0 unspecified atom stereocenters. The van der Waals surface area contributed by atoms with Gasteiger partial charge < -0.3 is 15.2 Å². The van der Waals surface area contributed by atoms with Crippen LogP contribution in [0, 0.1) is 6.92 Å². The van der Waals surface area contributed by atoms with Crippen molar-refractivity contribution in [1.29, 1.82) is 0 Å². The van der Waals surface area contributed by atoms with Crippen LogP contribution in [0.4, 0.5) is 5.69 Å². The second kappa shape index (κ2) is 5.87. The Bertz CT molecular complexity index is 372. The molecule has 2 N–H and O–H groups in total. The predicted octanol–water partition coefficient (Wildman–Crippen LogP) is 1.03. The van der Waals surface area contributed by atoms with E-state index in [1.54, 1.807) is 12.1 Å². The zero-order chi connectivity index (χ0) is 12.0. The number of anilines is 1. The van der Waals surface area contributed by atoms with Crippen LogP contribution in [0.1, 0.15) is 5.56 Å². The summed E-state index contributed by atoms with van der Waals surface area (Å²) in [6.07, 6.45) is 0. The average molecular weight is 223 g/mol. The highest BCUT2D eigenvalue weighted by atomic mass is 16.5. The molecule has 0 bridgehead atoms. The van der Waals surface area contributed by atoms with Gasteiger partial charge in [-0.2, -0.15) is 0 Å². The number of carboxylic acid groups (broad SMARTS) is 1. The Hall–Kier alpha value is -1.88. The smallest absolute Gasteiger partial charge is 0.329 e. The van der Waals surface area contributed by atoms with E-state index >= 15 is 0 Å². The zero-order valence-corrected chi connectivity index (χ0v) is 8.90. The average Bonchev–Trinajstić information content (AvgIpc) is 2.21. The van der Waals surface area contributed by atoms with Crippen LogP contribution in [0.2, 0.25) is 0 Å². The van der Waals surface area contributed by atoms with Crippen molar-refractivity contribution >= 4 is 17.6 Å². The van der Waals surface area contributed by atoms with E-state index in [2.05, 4.69) is 10.1 Å². The predicted molar refractivity (Wildman–Crippen MR) is 58.3 cm³/mol. The lowest BCUT2D eigenvalue weighted by atomic mass is 10.2. The van der Waals surface area contributed by atoms with Gasteiger partial charge in [0.1, 0.15) is 13.2 Å². The monoisotopic (exact) mass is 223 g/mol. The van der Waals surface area contributed by atoms with E-state index in [0.717, 1.165) is 5.56 Å². The molecule has 0 atom stereocenters. The van der Waals surface area contributed by atoms with Crippen molar-refractivity contribution in [3.8, 4) is 0 Å². The van der Waals surface area contributed by atoms with Crippen LogP contribution in [-0.2, 0) is 14.3 Å². The lowest BCUT2D eigenvalue weighted by Crippen LogP contribution is -2.20. The standard InChI is InChI=1S/C11H13NO4/c1-8-2-4-9(5-3-8)12-10(13)6-16-7-11(14)15/h2-5H,6-7H2,1H3,(H,12,13)(H,14,15). The summed E-state index contributed by atoms with van der Waals surface area (Å²) in [6.45, 7) is 1.21. The van der Waals surface area contributed by atoms with Gasteiger partial charge >= 0.3 is 5.97 Å². The van der Waals surface area contributed by atoms with E-state index in [-0.39, 0.29) is 12.5 Å². The first kappa shape index (κ1) is 12.2. The molecule has 0 fully saturated rings. The van der Waals surface area contributed by atoms with Gasteiger partial charge in [-0.1, -0.05) is 17.7 Å². The van der Waals surface area contributed by atoms with Crippen LogP contribution in [0.25, 0.3) is 0 Å². The van der Waals surface area contributed by atoms with Crippen LogP contribution in [0.15, 0.2) is 24.3 Å². The fraction of sp³-hybridized carbons (Fsp3) is 0.273. The van der Waals surface area contributed by atoms with Gasteiger partial charge in [0.05, 0.1) is 0 Å². The van der Waals surface area contributed by atoms with Crippen molar-refractivity contribution in [3.63, 3.8) is 0 Å². The molecule has 1 rings (SSSR count). The van der Waals surface area contributed by atoms with Crippen LogP contribution in [0.5, 0.6) is 0 Å². The number of benzene rings is 1. The van der Waals surface area contributed by atoms with Gasteiger partial charge in [-0.3, -0.25) is 4.79 Å². The third-order valence-electron chi connectivity index (χ3n) is 1.79. The molecule has 1 aromatic rings. The Labute approximate surface area is 93.0 Å². The fourth-order valence-corrected chi connectivity index (χ4v) is 1.07. The maximum atomic E-state index is 11.2. The van der Waals surface area contributed by atoms with E-state index in [1.807, 2.05) is 19.1 Å². The summed E-state index contributed by atoms with van der Waals surface area (Å²) < 4.78 is 4.64. The molecule has 0 spiro atoms. The third kappa shape index (κ3) is 4.56. The minimum atomic E-state index is -1.09. The first-order chi connectivity index (χ1) is 7.58. The van der Waals surface area contributed by atoms with Gasteiger partial charge in [0.15, 0.2) is 0 Å². The Morgan fingerprint density at radius 1 is 1.25 bits per heavy atom. The molecular formula is C11H13NO4. The van der Waals surface area contributed by atoms with E-state index in [1.165, 1.54) is 0 Å². The first-order valence-electron chi connectivity index (χ1n) is 4.74. The van der Waals surface area contributed by atoms with E-state index in [4.69, 9.17) is 5.11 Å². The second-order valence-electron chi connectivity index (χ2n) is 3.30. The zero-order valence-electron chi connectivity index (χ0n) is 8.90. The lowest BCUT2D eigenvalue weighted by molar-refractivity contribution is -0.143. The molecule has 1 amide bonds. The van der Waals surface area contributed by atoms with Gasteiger partial charge in [-0.05, 0) is 19.1 Å². The molecule has 0 aliphatic carbocycles. The van der Waals surface area contributed by atoms with Gasteiger partial charge in [-0.25, -0.2) is 4.79 Å². The highest BCUT2D eigenvalue weighted by molar-refractivity contribution is 5.91. The highest BCUT2D eigenvalue weighted by Crippen LogP contribution is 2.08. The SMILES string of the molecule is Cc1ccc(NC(=O)COCC(=O)O)cc1. The molecule has 0 saturated heterocycles. The van der Waals surface area contributed by atoms with Gasteiger partial charge in [-0.15, -0.1) is 0 Å². The summed E-state index contributed by atoms with van der Waals surface area (Å²) in [7, 11) is 0. The molecule has 0 heterocycles. The summed E-state index contributed by atoms with van der Waals surface area (Å²) in [4.78, 5) is 21.4. The lowest BCUT2D eigenvalue weighted by Gasteiger charge is -2.05. The van der Waals surface area contributed by atoms with Crippen molar-refractivity contribution in [1.82, 2.24) is 0 Å². The minimum absolute atomic E-state index is 0.264. The fourth-order valence-electron chi connectivity index (χ4n) is 1.07. The number of carbonyl (C=O) groups excluding carboxylic acids is 1. The maximum Gasteiger partial charge on any atom is 0.329 e. The van der Waals surface area contributed by atoms with Crippen LogP contribution in [-0.4, -0.2) is 30.2 Å². The Morgan fingerprint density at radius 3 is 2.44 bits per heavy atom. The normalized spacial score (nSPS) is 9.81. The van der Waals surface area contributed by atoms with Crippen molar-refractivity contribution in [2.75, 3.05) is 18.5 Å². The number of hydrogen-bond acceptors (Lipinski definition) is 3. The van der Waals surface area contributed by atoms with Crippen molar-refractivity contribution in [3.05, 3.63) is 29.8 Å². The number of nitrogens with one attached hydrogen (secondary N) is 1. The molecule has 0 aromatic heterocycles. The molecule has 5 nitrogen and oxygen atoms in total. The quantitative estimate of drug-likeness (QED) is 0.781. The van der Waals surface area contributed by atoms with Gasteiger partial charge in [0.2, 0.25) is 5.91 Å². The maximum absolute atomic E-state index is 11.2. The number of aryl methyl sites for hydroxylation is 1. The summed E-state index contributed by atoms with van der Waals surface area (Å²) in [5, 5.41) is 10.9. The number of carbonyl (C=O) groups is 2. The largest absolute Gasteiger partial charge is 0.480 e. The van der Waals surface area contributed by atoms with Crippen LogP contribution in [0.3, 0.4) is 0 Å². The van der Waals surface area contributed by atoms with E-state index < -0.39 is 12.6 Å². The number of aliphatic carboxylic acids is 1. The molecule has 0 radical (unpaired) electrons. The Balaban J connectivity index is 2.34. The van der Waals surface area contributed by atoms with Crippen molar-refractivity contribution in [2.24, 2.45) is 0 Å². The van der Waals surface area contributed by atoms with Crippen molar-refractivity contribution < 1.29 is 19.4 Å². The van der Waals surface area contributed by atoms with Gasteiger partial charge in [0, 0.05) is 5.69 Å². The number of ether oxygens (including phenoxy) is 1. The minimum Gasteiger partial charge on any atom is -0.480 e. The number of hydrogen-bond donors (Lipinski definition) is 2. The first-order valence-corrected chi connectivity index (χ1v) is 4.74. The number of amides is 1. The summed E-state index contributed by atoms with van der Waals surface area (Å²) in [5.74, 6) is -1.46. The molecule has 86 valence electrons.